The zero-order valence-electron chi connectivity index (χ0n) is 14.6. The first kappa shape index (κ1) is 17.9. The lowest BCUT2D eigenvalue weighted by Gasteiger charge is -2.37. The van der Waals surface area contributed by atoms with Gasteiger partial charge in [0.1, 0.15) is 5.82 Å². The fraction of sp³-hybridized carbons (Fsp3) is 0.632. The maximum Gasteiger partial charge on any atom is 0.222 e. The normalized spacial score (nSPS) is 16.6. The highest BCUT2D eigenvalue weighted by molar-refractivity contribution is 5.76. The summed E-state index contributed by atoms with van der Waals surface area (Å²) in [5.41, 5.74) is 1.00. The van der Waals surface area contributed by atoms with E-state index >= 15 is 0 Å². The second kappa shape index (κ2) is 7.91. The number of carbonyl (C=O) groups is 1. The first-order valence-electron chi connectivity index (χ1n) is 8.59. The SMILES string of the molecule is CC(C)(C)CN1CCN(C(=O)CCCc2ccccc2F)CC1. The van der Waals surface area contributed by atoms with Crippen LogP contribution in [0.5, 0.6) is 0 Å². The van der Waals surface area contributed by atoms with Crippen molar-refractivity contribution in [2.24, 2.45) is 5.41 Å². The van der Waals surface area contributed by atoms with Crippen LogP contribution in [0.2, 0.25) is 0 Å². The Kier molecular flexibility index (Phi) is 6.17. The van der Waals surface area contributed by atoms with Crippen molar-refractivity contribution in [3.05, 3.63) is 35.6 Å². The van der Waals surface area contributed by atoms with Gasteiger partial charge in [0.2, 0.25) is 5.91 Å². The number of rotatable bonds is 5. The summed E-state index contributed by atoms with van der Waals surface area (Å²) in [6.07, 6.45) is 1.85. The molecule has 1 aliphatic heterocycles. The zero-order valence-corrected chi connectivity index (χ0v) is 14.6. The number of aryl methyl sites for hydroxylation is 1. The molecule has 0 N–H and O–H groups in total. The molecule has 1 saturated heterocycles. The third kappa shape index (κ3) is 5.94. The van der Waals surface area contributed by atoms with Gasteiger partial charge in [0.25, 0.3) is 0 Å². The zero-order chi connectivity index (χ0) is 16.9. The van der Waals surface area contributed by atoms with Crippen molar-refractivity contribution in [1.82, 2.24) is 9.80 Å². The van der Waals surface area contributed by atoms with Crippen molar-refractivity contribution >= 4 is 5.91 Å². The standard InChI is InChI=1S/C19H29FN2O/c1-19(2,3)15-21-11-13-22(14-12-21)18(23)10-6-8-16-7-4-5-9-17(16)20/h4-5,7,9H,6,8,10-15H2,1-3H3. The van der Waals surface area contributed by atoms with E-state index in [9.17, 15) is 9.18 Å². The van der Waals surface area contributed by atoms with E-state index < -0.39 is 0 Å². The molecule has 0 radical (unpaired) electrons. The average Bonchev–Trinajstić information content (AvgIpc) is 2.48. The molecule has 1 heterocycles. The lowest BCUT2D eigenvalue weighted by atomic mass is 9.96. The summed E-state index contributed by atoms with van der Waals surface area (Å²) in [4.78, 5) is 16.7. The second-order valence-corrected chi connectivity index (χ2v) is 7.66. The largest absolute Gasteiger partial charge is 0.340 e. The summed E-state index contributed by atoms with van der Waals surface area (Å²) in [7, 11) is 0. The van der Waals surface area contributed by atoms with Gasteiger partial charge in [-0.3, -0.25) is 9.69 Å². The summed E-state index contributed by atoms with van der Waals surface area (Å²) in [5.74, 6) is 0.0347. The van der Waals surface area contributed by atoms with Crippen molar-refractivity contribution in [2.75, 3.05) is 32.7 Å². The first-order chi connectivity index (χ1) is 10.8. The molecule has 1 aromatic carbocycles. The molecule has 3 nitrogen and oxygen atoms in total. The van der Waals surface area contributed by atoms with Crippen molar-refractivity contribution < 1.29 is 9.18 Å². The van der Waals surface area contributed by atoms with Crippen LogP contribution in [-0.4, -0.2) is 48.4 Å². The van der Waals surface area contributed by atoms with E-state index in [1.807, 2.05) is 11.0 Å². The number of nitrogens with zero attached hydrogens (tertiary/aromatic N) is 2. The van der Waals surface area contributed by atoms with E-state index in [1.54, 1.807) is 12.1 Å². The topological polar surface area (TPSA) is 23.6 Å². The molecular formula is C19H29FN2O. The van der Waals surface area contributed by atoms with Crippen LogP contribution in [0, 0.1) is 11.2 Å². The Morgan fingerprint density at radius 3 is 2.39 bits per heavy atom. The molecule has 0 spiro atoms. The molecule has 1 fully saturated rings. The van der Waals surface area contributed by atoms with Crippen LogP contribution in [-0.2, 0) is 11.2 Å². The quantitative estimate of drug-likeness (QED) is 0.831. The molecule has 23 heavy (non-hydrogen) atoms. The smallest absolute Gasteiger partial charge is 0.222 e. The van der Waals surface area contributed by atoms with Gasteiger partial charge in [0, 0.05) is 39.1 Å². The van der Waals surface area contributed by atoms with Gasteiger partial charge in [-0.2, -0.15) is 0 Å². The molecule has 1 aromatic rings. The Bertz CT molecular complexity index is 516. The van der Waals surface area contributed by atoms with Crippen LogP contribution in [0.4, 0.5) is 4.39 Å². The second-order valence-electron chi connectivity index (χ2n) is 7.66. The molecular weight excluding hydrogens is 291 g/mol. The Morgan fingerprint density at radius 1 is 1.13 bits per heavy atom. The summed E-state index contributed by atoms with van der Waals surface area (Å²) in [6.45, 7) is 11.3. The van der Waals surface area contributed by atoms with Gasteiger partial charge in [-0.15, -0.1) is 0 Å². The number of benzene rings is 1. The molecule has 0 aromatic heterocycles. The predicted octanol–water partition coefficient (Wildman–Crippen LogP) is 3.34. The molecule has 0 aliphatic carbocycles. The molecule has 0 unspecified atom stereocenters. The highest BCUT2D eigenvalue weighted by atomic mass is 19.1. The van der Waals surface area contributed by atoms with E-state index in [2.05, 4.69) is 25.7 Å². The number of carbonyl (C=O) groups excluding carboxylic acids is 1. The Hall–Kier alpha value is -1.42. The molecule has 128 valence electrons. The number of amides is 1. The minimum Gasteiger partial charge on any atom is -0.340 e. The van der Waals surface area contributed by atoms with E-state index in [-0.39, 0.29) is 11.7 Å². The molecule has 0 saturated carbocycles. The lowest BCUT2D eigenvalue weighted by Crippen LogP contribution is -2.50. The molecule has 1 amide bonds. The molecule has 4 heteroatoms. The van der Waals surface area contributed by atoms with Crippen molar-refractivity contribution in [2.45, 2.75) is 40.0 Å². The average molecular weight is 320 g/mol. The van der Waals surface area contributed by atoms with Gasteiger partial charge in [-0.25, -0.2) is 4.39 Å². The minimum atomic E-state index is -0.171. The van der Waals surface area contributed by atoms with Gasteiger partial charge in [0.05, 0.1) is 0 Å². The van der Waals surface area contributed by atoms with Crippen LogP contribution >= 0.6 is 0 Å². The molecule has 0 atom stereocenters. The molecule has 1 aliphatic rings. The lowest BCUT2D eigenvalue weighted by molar-refractivity contribution is -0.133. The molecule has 0 bridgehead atoms. The van der Waals surface area contributed by atoms with Crippen molar-refractivity contribution in [1.29, 1.82) is 0 Å². The van der Waals surface area contributed by atoms with Gasteiger partial charge in [-0.1, -0.05) is 39.0 Å². The van der Waals surface area contributed by atoms with E-state index in [0.717, 1.165) is 32.7 Å². The van der Waals surface area contributed by atoms with E-state index in [4.69, 9.17) is 0 Å². The third-order valence-corrected chi connectivity index (χ3v) is 4.22. The Labute approximate surface area is 139 Å². The molecule has 2 rings (SSSR count). The van der Waals surface area contributed by atoms with Crippen LogP contribution in [0.15, 0.2) is 24.3 Å². The van der Waals surface area contributed by atoms with E-state index in [0.29, 0.717) is 30.2 Å². The van der Waals surface area contributed by atoms with E-state index in [1.165, 1.54) is 6.07 Å². The maximum atomic E-state index is 13.5. The van der Waals surface area contributed by atoms with Gasteiger partial charge < -0.3 is 4.90 Å². The van der Waals surface area contributed by atoms with Crippen molar-refractivity contribution in [3.8, 4) is 0 Å². The van der Waals surface area contributed by atoms with Gasteiger partial charge in [-0.05, 0) is 29.9 Å². The summed E-state index contributed by atoms with van der Waals surface area (Å²) in [5, 5.41) is 0. The fourth-order valence-corrected chi connectivity index (χ4v) is 3.12. The minimum absolute atomic E-state index is 0.171. The van der Waals surface area contributed by atoms with Crippen LogP contribution in [0.25, 0.3) is 0 Å². The first-order valence-corrected chi connectivity index (χ1v) is 8.59. The number of hydrogen-bond donors (Lipinski definition) is 0. The fourth-order valence-electron chi connectivity index (χ4n) is 3.12. The maximum absolute atomic E-state index is 13.5. The number of piperazine rings is 1. The Morgan fingerprint density at radius 2 is 1.78 bits per heavy atom. The summed E-state index contributed by atoms with van der Waals surface area (Å²) in [6, 6.07) is 6.81. The monoisotopic (exact) mass is 320 g/mol. The van der Waals surface area contributed by atoms with Crippen molar-refractivity contribution in [3.63, 3.8) is 0 Å². The highest BCUT2D eigenvalue weighted by Gasteiger charge is 2.23. The summed E-state index contributed by atoms with van der Waals surface area (Å²) >= 11 is 0. The highest BCUT2D eigenvalue weighted by Crippen LogP contribution is 2.17. The van der Waals surface area contributed by atoms with Crippen LogP contribution in [0.1, 0.15) is 39.2 Å². The van der Waals surface area contributed by atoms with Gasteiger partial charge in [0.15, 0.2) is 0 Å². The third-order valence-electron chi connectivity index (χ3n) is 4.22. The van der Waals surface area contributed by atoms with Crippen LogP contribution in [0.3, 0.4) is 0 Å². The predicted molar refractivity (Wildman–Crippen MR) is 91.8 cm³/mol. The number of halogens is 1. The summed E-state index contributed by atoms with van der Waals surface area (Å²) < 4.78 is 13.5. The van der Waals surface area contributed by atoms with Crippen LogP contribution < -0.4 is 0 Å². The number of hydrogen-bond acceptors (Lipinski definition) is 2. The van der Waals surface area contributed by atoms with Gasteiger partial charge >= 0.3 is 0 Å². The Balaban J connectivity index is 1.70.